The first-order chi connectivity index (χ1) is 18.2. The van der Waals surface area contributed by atoms with E-state index in [2.05, 4.69) is 6.92 Å². The highest BCUT2D eigenvalue weighted by Crippen LogP contribution is 2.35. The van der Waals surface area contributed by atoms with Gasteiger partial charge in [-0.1, -0.05) is 55.5 Å². The van der Waals surface area contributed by atoms with Crippen LogP contribution < -0.4 is 4.90 Å². The summed E-state index contributed by atoms with van der Waals surface area (Å²) < 4.78 is 31.0. The molecule has 3 atom stereocenters. The fourth-order valence-electron chi connectivity index (χ4n) is 5.35. The molecule has 3 heterocycles. The number of benzene rings is 2. The van der Waals surface area contributed by atoms with Crippen molar-refractivity contribution in [1.29, 1.82) is 0 Å². The van der Waals surface area contributed by atoms with Crippen LogP contribution in [-0.2, 0) is 16.8 Å². The van der Waals surface area contributed by atoms with Crippen LogP contribution in [0.2, 0.25) is 0 Å². The molecular weight excluding hydrogens is 502 g/mol. The SMILES string of the molecule is CC1CCN(S(=O)(=O)N2CCC(O)C2)CC1c1cc(N(C)Cc2ccccc2)n(C(=O)c2ccccc2)n1. The average Bonchev–Trinajstić information content (AvgIpc) is 3.57. The predicted octanol–water partition coefficient (Wildman–Crippen LogP) is 2.94. The lowest BCUT2D eigenvalue weighted by Gasteiger charge is -2.37. The minimum atomic E-state index is -3.68. The number of hydrogen-bond acceptors (Lipinski definition) is 6. The summed E-state index contributed by atoms with van der Waals surface area (Å²) >= 11 is 0. The molecule has 0 radical (unpaired) electrons. The van der Waals surface area contributed by atoms with Crippen LogP contribution >= 0.6 is 0 Å². The average molecular weight is 538 g/mol. The topological polar surface area (TPSA) is 99.0 Å². The number of aliphatic hydroxyl groups is 1. The molecule has 9 nitrogen and oxygen atoms in total. The van der Waals surface area contributed by atoms with Crippen molar-refractivity contribution >= 4 is 21.9 Å². The number of rotatable bonds is 7. The number of nitrogens with zero attached hydrogens (tertiary/aromatic N) is 5. The van der Waals surface area contributed by atoms with Gasteiger partial charge in [0.05, 0.1) is 11.8 Å². The van der Waals surface area contributed by atoms with Crippen molar-refractivity contribution in [1.82, 2.24) is 18.4 Å². The Hall–Kier alpha value is -3.05. The van der Waals surface area contributed by atoms with Crippen molar-refractivity contribution < 1.29 is 18.3 Å². The Morgan fingerprint density at radius 1 is 1.00 bits per heavy atom. The monoisotopic (exact) mass is 537 g/mol. The smallest absolute Gasteiger partial charge is 0.282 e. The molecule has 0 bridgehead atoms. The van der Waals surface area contributed by atoms with Crippen LogP contribution in [0.4, 0.5) is 5.82 Å². The number of β-amino-alcohol motifs (C(OH)–C–C–N with tert-alkyl or cyclic N) is 1. The fourth-order valence-corrected chi connectivity index (χ4v) is 7.06. The van der Waals surface area contributed by atoms with Gasteiger partial charge in [0.2, 0.25) is 0 Å². The third kappa shape index (κ3) is 5.40. The maximum atomic E-state index is 13.6. The minimum Gasteiger partial charge on any atom is -0.392 e. The van der Waals surface area contributed by atoms with E-state index in [0.29, 0.717) is 49.6 Å². The largest absolute Gasteiger partial charge is 0.392 e. The number of anilines is 1. The first kappa shape index (κ1) is 26.6. The lowest BCUT2D eigenvalue weighted by Crippen LogP contribution is -2.48. The van der Waals surface area contributed by atoms with Gasteiger partial charge in [-0.25, -0.2) is 0 Å². The molecule has 2 fully saturated rings. The number of carbonyl (C=O) groups excluding carboxylic acids is 1. The number of carbonyl (C=O) groups is 1. The van der Waals surface area contributed by atoms with E-state index in [1.807, 2.05) is 66.5 Å². The van der Waals surface area contributed by atoms with E-state index in [0.717, 1.165) is 5.56 Å². The van der Waals surface area contributed by atoms with E-state index in [9.17, 15) is 18.3 Å². The quantitative estimate of drug-likeness (QED) is 0.498. The molecule has 0 spiro atoms. The lowest BCUT2D eigenvalue weighted by molar-refractivity contribution is 0.0945. The van der Waals surface area contributed by atoms with Gasteiger partial charge >= 0.3 is 0 Å². The molecule has 0 aliphatic carbocycles. The van der Waals surface area contributed by atoms with Crippen molar-refractivity contribution in [2.75, 3.05) is 38.1 Å². The molecule has 2 aliphatic rings. The van der Waals surface area contributed by atoms with Gasteiger partial charge in [-0.2, -0.15) is 26.8 Å². The molecule has 1 aromatic heterocycles. The zero-order chi connectivity index (χ0) is 26.9. The van der Waals surface area contributed by atoms with E-state index in [1.54, 1.807) is 12.1 Å². The van der Waals surface area contributed by atoms with Crippen LogP contribution in [0.5, 0.6) is 0 Å². The molecule has 38 heavy (non-hydrogen) atoms. The second kappa shape index (κ2) is 11.0. The summed E-state index contributed by atoms with van der Waals surface area (Å²) in [4.78, 5) is 15.6. The third-order valence-electron chi connectivity index (χ3n) is 7.66. The molecular formula is C28H35N5O4S. The highest BCUT2D eigenvalue weighted by molar-refractivity contribution is 7.86. The summed E-state index contributed by atoms with van der Waals surface area (Å²) in [7, 11) is -1.75. The Morgan fingerprint density at radius 3 is 2.29 bits per heavy atom. The number of hydrogen-bond donors (Lipinski definition) is 1. The van der Waals surface area contributed by atoms with Crippen molar-refractivity contribution in [2.45, 2.75) is 38.3 Å². The van der Waals surface area contributed by atoms with Crippen molar-refractivity contribution in [3.63, 3.8) is 0 Å². The predicted molar refractivity (Wildman–Crippen MR) is 146 cm³/mol. The standard InChI is InChI=1S/C28H35N5O4S/c1-21-13-15-32(38(36,37)31-16-14-24(34)19-31)20-25(21)26-17-27(30(2)18-22-9-5-3-6-10-22)33(29-26)28(35)23-11-7-4-8-12-23/h3-12,17,21,24-25,34H,13-16,18-20H2,1-2H3. The fraction of sp³-hybridized carbons (Fsp3) is 0.429. The zero-order valence-corrected chi connectivity index (χ0v) is 22.7. The van der Waals surface area contributed by atoms with Crippen LogP contribution in [0.1, 0.15) is 47.3 Å². The molecule has 2 saturated heterocycles. The molecule has 10 heteroatoms. The molecule has 202 valence electrons. The van der Waals surface area contributed by atoms with Crippen molar-refractivity contribution in [3.05, 3.63) is 83.6 Å². The molecule has 0 amide bonds. The van der Waals surface area contributed by atoms with E-state index in [1.165, 1.54) is 13.3 Å². The molecule has 0 saturated carbocycles. The van der Waals surface area contributed by atoms with Crippen molar-refractivity contribution in [2.24, 2.45) is 5.92 Å². The van der Waals surface area contributed by atoms with Crippen molar-refractivity contribution in [3.8, 4) is 0 Å². The van der Waals surface area contributed by atoms with Gasteiger partial charge in [0, 0.05) is 57.3 Å². The van der Waals surface area contributed by atoms with Crippen LogP contribution in [0.15, 0.2) is 66.7 Å². The van der Waals surface area contributed by atoms with E-state index in [-0.39, 0.29) is 30.8 Å². The first-order valence-corrected chi connectivity index (χ1v) is 14.5. The molecule has 2 aliphatic heterocycles. The Morgan fingerprint density at radius 2 is 1.63 bits per heavy atom. The summed E-state index contributed by atoms with van der Waals surface area (Å²) in [6.07, 6.45) is 0.525. The van der Waals surface area contributed by atoms with Crippen LogP contribution in [0, 0.1) is 5.92 Å². The number of piperidine rings is 1. The Balaban J connectivity index is 1.47. The van der Waals surface area contributed by atoms with Crippen LogP contribution in [0.25, 0.3) is 0 Å². The van der Waals surface area contributed by atoms with E-state index >= 15 is 0 Å². The summed E-state index contributed by atoms with van der Waals surface area (Å²) in [5.41, 5.74) is 2.34. The van der Waals surface area contributed by atoms with Gasteiger partial charge in [-0.15, -0.1) is 0 Å². The van der Waals surface area contributed by atoms with Gasteiger partial charge in [0.15, 0.2) is 0 Å². The second-order valence-electron chi connectivity index (χ2n) is 10.4. The Bertz CT molecular complexity index is 1360. The van der Waals surface area contributed by atoms with E-state index < -0.39 is 16.3 Å². The van der Waals surface area contributed by atoms with Gasteiger partial charge in [-0.3, -0.25) is 4.79 Å². The Kier molecular flexibility index (Phi) is 7.67. The van der Waals surface area contributed by atoms with Gasteiger partial charge < -0.3 is 10.0 Å². The molecule has 3 aromatic rings. The van der Waals surface area contributed by atoms with Gasteiger partial charge in [-0.05, 0) is 36.5 Å². The maximum Gasteiger partial charge on any atom is 0.282 e. The first-order valence-electron chi connectivity index (χ1n) is 13.1. The molecule has 5 rings (SSSR count). The minimum absolute atomic E-state index is 0.133. The van der Waals surface area contributed by atoms with Gasteiger partial charge in [0.25, 0.3) is 16.1 Å². The number of aromatic nitrogens is 2. The normalized spacial score (nSPS) is 23.0. The summed E-state index contributed by atoms with van der Waals surface area (Å²) in [5, 5.41) is 14.7. The van der Waals surface area contributed by atoms with Gasteiger partial charge in [0.1, 0.15) is 5.82 Å². The Labute approximate surface area is 224 Å². The molecule has 2 aromatic carbocycles. The second-order valence-corrected chi connectivity index (χ2v) is 12.3. The summed E-state index contributed by atoms with van der Waals surface area (Å²) in [6, 6.07) is 21.0. The zero-order valence-electron chi connectivity index (χ0n) is 21.8. The summed E-state index contributed by atoms with van der Waals surface area (Å²) in [5.74, 6) is 0.450. The highest BCUT2D eigenvalue weighted by atomic mass is 32.2. The number of aliphatic hydroxyl groups excluding tert-OH is 1. The highest BCUT2D eigenvalue weighted by Gasteiger charge is 2.40. The summed E-state index contributed by atoms with van der Waals surface area (Å²) in [6.45, 7) is 3.87. The molecule has 1 N–H and O–H groups in total. The lowest BCUT2D eigenvalue weighted by atomic mass is 9.86. The maximum absolute atomic E-state index is 13.6. The van der Waals surface area contributed by atoms with E-state index in [4.69, 9.17) is 5.10 Å². The third-order valence-corrected chi connectivity index (χ3v) is 9.62. The van der Waals surface area contributed by atoms with Crippen LogP contribution in [-0.4, -0.2) is 77.2 Å². The molecule has 3 unspecified atom stereocenters. The van der Waals surface area contributed by atoms with Crippen LogP contribution in [0.3, 0.4) is 0 Å².